The van der Waals surface area contributed by atoms with E-state index in [2.05, 4.69) is 10.3 Å². The summed E-state index contributed by atoms with van der Waals surface area (Å²) < 4.78 is 33.7. The molecule has 3 atom stereocenters. The number of hydrogen-bond donors (Lipinski definition) is 3. The van der Waals surface area contributed by atoms with Crippen LogP contribution in [0.5, 0.6) is 34.5 Å². The Balaban J connectivity index is 1.24. The van der Waals surface area contributed by atoms with Gasteiger partial charge in [0.25, 0.3) is 0 Å². The number of hydrogen-bond acceptors (Lipinski definition) is 10. The summed E-state index contributed by atoms with van der Waals surface area (Å²) in [6, 6.07) is 12.3. The van der Waals surface area contributed by atoms with Crippen molar-refractivity contribution in [2.75, 3.05) is 34.7 Å². The number of nitrogens with one attached hydrogen (secondary N) is 2. The van der Waals surface area contributed by atoms with Crippen molar-refractivity contribution in [3.05, 3.63) is 81.7 Å². The van der Waals surface area contributed by atoms with E-state index in [1.165, 1.54) is 20.3 Å². The van der Waals surface area contributed by atoms with Crippen molar-refractivity contribution < 1.29 is 47.9 Å². The number of carbonyl (C=O) groups excluding carboxylic acids is 3. The number of benzene rings is 3. The number of Topliss-reactive ketones (excluding diaryl/α,β-unsaturated/α-hetero) is 2. The Hall–Kier alpha value is -5.36. The van der Waals surface area contributed by atoms with Crippen LogP contribution < -0.4 is 33.7 Å². The highest BCUT2D eigenvalue weighted by Gasteiger charge is 2.61. The van der Waals surface area contributed by atoms with Crippen molar-refractivity contribution in [3.63, 3.8) is 0 Å². The first-order chi connectivity index (χ1) is 24.1. The molecule has 3 aromatic carbocycles. The average molecular weight is 703 g/mol. The number of aromatic nitrogens is 1. The molecule has 0 saturated heterocycles. The summed E-state index contributed by atoms with van der Waals surface area (Å²) in [5.74, 6) is -1.79. The quantitative estimate of drug-likeness (QED) is 0.184. The van der Waals surface area contributed by atoms with E-state index in [0.29, 0.717) is 30.0 Å². The van der Waals surface area contributed by atoms with Gasteiger partial charge in [-0.1, -0.05) is 24.6 Å². The van der Waals surface area contributed by atoms with Crippen LogP contribution in [-0.4, -0.2) is 67.8 Å². The van der Waals surface area contributed by atoms with Gasteiger partial charge in [0.1, 0.15) is 27.8 Å². The fourth-order valence-corrected chi connectivity index (χ4v) is 7.41. The highest BCUT2D eigenvalue weighted by molar-refractivity contribution is 6.35. The van der Waals surface area contributed by atoms with Gasteiger partial charge in [-0.2, -0.15) is 0 Å². The van der Waals surface area contributed by atoms with E-state index in [0.717, 1.165) is 22.2 Å². The van der Waals surface area contributed by atoms with E-state index in [9.17, 15) is 19.5 Å². The highest BCUT2D eigenvalue weighted by atomic mass is 35.5. The lowest BCUT2D eigenvalue weighted by Crippen LogP contribution is -2.53. The second-order valence-electron chi connectivity index (χ2n) is 12.5. The van der Waals surface area contributed by atoms with Crippen molar-refractivity contribution in [2.24, 2.45) is 5.92 Å². The number of carbonyl (C=O) groups is 3. The molecule has 1 amide bonds. The molecule has 1 aliphatic carbocycles. The predicted octanol–water partition coefficient (Wildman–Crippen LogP) is 5.84. The Morgan fingerprint density at radius 3 is 2.60 bits per heavy atom. The minimum Gasteiger partial charge on any atom is -0.507 e. The molecule has 1 aromatic heterocycles. The molecule has 0 fully saturated rings. The van der Waals surface area contributed by atoms with Gasteiger partial charge in [0.15, 0.2) is 28.8 Å². The van der Waals surface area contributed by atoms with Gasteiger partial charge in [-0.25, -0.2) is 0 Å². The number of fused-ring (bicyclic) bond motifs is 3. The molecule has 3 heterocycles. The molecular formula is C37H35ClN2O10. The molecule has 12 nitrogen and oxygen atoms in total. The van der Waals surface area contributed by atoms with Gasteiger partial charge in [0.2, 0.25) is 24.1 Å². The summed E-state index contributed by atoms with van der Waals surface area (Å²) in [7, 11) is 4.41. The monoisotopic (exact) mass is 702 g/mol. The van der Waals surface area contributed by atoms with Crippen LogP contribution in [0.3, 0.4) is 0 Å². The van der Waals surface area contributed by atoms with Gasteiger partial charge in [0, 0.05) is 60.0 Å². The van der Waals surface area contributed by atoms with Gasteiger partial charge in [-0.05, 0) is 47.9 Å². The Morgan fingerprint density at radius 1 is 1.06 bits per heavy atom. The Labute approximate surface area is 292 Å². The molecule has 3 N–H and O–H groups in total. The van der Waals surface area contributed by atoms with Crippen LogP contribution in [0.25, 0.3) is 10.9 Å². The lowest BCUT2D eigenvalue weighted by atomic mass is 9.69. The summed E-state index contributed by atoms with van der Waals surface area (Å²) in [6.45, 7) is 1.96. The molecule has 2 aliphatic heterocycles. The number of aliphatic hydroxyl groups is 1. The van der Waals surface area contributed by atoms with Crippen molar-refractivity contribution in [1.82, 2.24) is 10.3 Å². The molecular weight excluding hydrogens is 668 g/mol. The zero-order chi connectivity index (χ0) is 35.3. The van der Waals surface area contributed by atoms with Crippen LogP contribution in [0.1, 0.15) is 47.2 Å². The summed E-state index contributed by atoms with van der Waals surface area (Å²) in [6.07, 6.45) is 2.04. The molecule has 13 heteroatoms. The van der Waals surface area contributed by atoms with Gasteiger partial charge < -0.3 is 43.8 Å². The van der Waals surface area contributed by atoms with Crippen LogP contribution in [0.4, 0.5) is 0 Å². The number of aliphatic hydroxyl groups excluding tert-OH is 1. The highest BCUT2D eigenvalue weighted by Crippen LogP contribution is 2.56. The lowest BCUT2D eigenvalue weighted by molar-refractivity contribution is -0.121. The van der Waals surface area contributed by atoms with Crippen LogP contribution >= 0.6 is 11.6 Å². The van der Waals surface area contributed by atoms with Crippen molar-refractivity contribution in [2.45, 2.75) is 37.7 Å². The van der Waals surface area contributed by atoms with E-state index >= 15 is 0 Å². The number of methoxy groups -OCH3 is 3. The third kappa shape index (κ3) is 5.25. The molecule has 260 valence electrons. The third-order valence-electron chi connectivity index (χ3n) is 9.74. The Morgan fingerprint density at radius 2 is 1.84 bits per heavy atom. The second kappa shape index (κ2) is 12.8. The maximum Gasteiger partial charge on any atom is 0.231 e. The van der Waals surface area contributed by atoms with E-state index in [-0.39, 0.29) is 58.9 Å². The number of H-pyrrole nitrogens is 1. The minimum absolute atomic E-state index is 0.0177. The van der Waals surface area contributed by atoms with Crippen molar-refractivity contribution in [3.8, 4) is 34.5 Å². The molecule has 0 bridgehead atoms. The Kier molecular flexibility index (Phi) is 8.51. The van der Waals surface area contributed by atoms with Crippen molar-refractivity contribution in [1.29, 1.82) is 0 Å². The number of ketones is 2. The minimum atomic E-state index is -2.00. The van der Waals surface area contributed by atoms with Gasteiger partial charge in [-0.3, -0.25) is 14.4 Å². The van der Waals surface area contributed by atoms with Gasteiger partial charge >= 0.3 is 0 Å². The van der Waals surface area contributed by atoms with Crippen LogP contribution in [0.2, 0.25) is 5.02 Å². The zero-order valence-electron chi connectivity index (χ0n) is 27.8. The summed E-state index contributed by atoms with van der Waals surface area (Å²) in [5, 5.41) is 16.1. The topological polar surface area (TPSA) is 155 Å². The Bertz CT molecular complexity index is 2090. The lowest BCUT2D eigenvalue weighted by Gasteiger charge is -2.38. The molecule has 50 heavy (non-hydrogen) atoms. The summed E-state index contributed by atoms with van der Waals surface area (Å²) >= 11 is 6.62. The normalized spacial score (nSPS) is 19.8. The maximum atomic E-state index is 14.4. The van der Waals surface area contributed by atoms with E-state index in [1.54, 1.807) is 32.2 Å². The summed E-state index contributed by atoms with van der Waals surface area (Å²) in [4.78, 5) is 45.2. The fraction of sp³-hybridized carbons (Fsp3) is 0.324. The first-order valence-corrected chi connectivity index (χ1v) is 16.4. The molecule has 7 rings (SSSR count). The maximum absolute atomic E-state index is 14.4. The first kappa shape index (κ1) is 33.2. The first-order valence-electron chi connectivity index (χ1n) is 16.1. The molecule has 0 radical (unpaired) electrons. The largest absolute Gasteiger partial charge is 0.507 e. The third-order valence-corrected chi connectivity index (χ3v) is 10.1. The number of halogens is 1. The second-order valence-corrected chi connectivity index (χ2v) is 12.8. The summed E-state index contributed by atoms with van der Waals surface area (Å²) in [5.41, 5.74) is 0.359. The van der Waals surface area contributed by atoms with Crippen LogP contribution in [-0.2, 0) is 16.0 Å². The molecule has 3 aliphatic rings. The molecule has 1 spiro atoms. The molecule has 1 unspecified atom stereocenters. The smallest absolute Gasteiger partial charge is 0.231 e. The fourth-order valence-electron chi connectivity index (χ4n) is 7.14. The number of rotatable bonds is 10. The molecule has 4 aromatic rings. The van der Waals surface area contributed by atoms with E-state index < -0.39 is 34.8 Å². The van der Waals surface area contributed by atoms with Crippen LogP contribution in [0.15, 0.2) is 60.0 Å². The van der Waals surface area contributed by atoms with Crippen molar-refractivity contribution >= 4 is 40.0 Å². The van der Waals surface area contributed by atoms with E-state index in [1.807, 2.05) is 24.4 Å². The zero-order valence-corrected chi connectivity index (χ0v) is 28.6. The number of aromatic amines is 1. The van der Waals surface area contributed by atoms with Gasteiger partial charge in [0.05, 0.1) is 21.3 Å². The standard InChI is InChI=1S/C37H35ClN2O10/c1-18-11-25(41)31(35(43)37(18)36(44)32-28(46-3)15-29(47-4)33(38)34(32)50-37)23(19-5-8-26-27(12-19)49-17-48-26)14-30(42)39-10-9-20-16-40-24-7-6-21(45-2)13-22(20)24/h5-8,12-13,15-16,18,23,40,43H,9-11,14,17H2,1-4H3,(H,39,42)/t18-,23?,37+/m1/s1. The number of ether oxygens (including phenoxy) is 6. The number of amides is 1. The predicted molar refractivity (Wildman–Crippen MR) is 182 cm³/mol. The average Bonchev–Trinajstić information content (AvgIpc) is 3.83. The number of allylic oxidation sites excluding steroid dienone is 1. The van der Waals surface area contributed by atoms with E-state index in [4.69, 9.17) is 40.0 Å². The van der Waals surface area contributed by atoms with Gasteiger partial charge in [-0.15, -0.1) is 0 Å². The molecule has 0 saturated carbocycles. The van der Waals surface area contributed by atoms with Crippen LogP contribution in [0, 0.1) is 5.92 Å². The SMILES string of the molecule is COc1ccc2[nH]cc(CCNC(=O)CC(C3=C(O)[C@@]4(Oc5c(Cl)c(OC)cc(OC)c5C4=O)[C@H](C)CC3=O)c3ccc4c(c3)OCO4)c2c1.